The van der Waals surface area contributed by atoms with Gasteiger partial charge in [-0.1, -0.05) is 146 Å². The van der Waals surface area contributed by atoms with E-state index in [1.54, 1.807) is 0 Å². The van der Waals surface area contributed by atoms with Gasteiger partial charge in [-0.05, 0) is 98.8 Å². The zero-order chi connectivity index (χ0) is 36.3. The van der Waals surface area contributed by atoms with Crippen LogP contribution >= 0.6 is 11.3 Å². The van der Waals surface area contributed by atoms with E-state index in [2.05, 4.69) is 199 Å². The van der Waals surface area contributed by atoms with Crippen LogP contribution in [-0.4, -0.2) is 0 Å². The van der Waals surface area contributed by atoms with Gasteiger partial charge < -0.3 is 9.32 Å². The van der Waals surface area contributed by atoms with Gasteiger partial charge in [-0.3, -0.25) is 0 Å². The Labute approximate surface area is 322 Å². The number of benzene rings is 9. The normalized spacial score (nSPS) is 11.6. The van der Waals surface area contributed by atoms with Gasteiger partial charge in [0.2, 0.25) is 0 Å². The third kappa shape index (κ3) is 5.40. The summed E-state index contributed by atoms with van der Waals surface area (Å²) in [5, 5.41) is 7.34. The van der Waals surface area contributed by atoms with Crippen LogP contribution in [0.3, 0.4) is 0 Å². The lowest BCUT2D eigenvalue weighted by Crippen LogP contribution is -2.10. The van der Waals surface area contributed by atoms with E-state index in [1.165, 1.54) is 53.2 Å². The van der Waals surface area contributed by atoms with Crippen LogP contribution in [0.15, 0.2) is 205 Å². The predicted molar refractivity (Wildman–Crippen MR) is 235 cm³/mol. The van der Waals surface area contributed by atoms with Crippen molar-refractivity contribution in [2.75, 3.05) is 4.90 Å². The molecule has 0 radical (unpaired) electrons. The summed E-state index contributed by atoms with van der Waals surface area (Å²) in [7, 11) is 0. The van der Waals surface area contributed by atoms with E-state index < -0.39 is 0 Å². The van der Waals surface area contributed by atoms with Crippen LogP contribution in [-0.2, 0) is 0 Å². The molecule has 0 spiro atoms. The van der Waals surface area contributed by atoms with Crippen molar-refractivity contribution in [3.8, 4) is 33.4 Å². The van der Waals surface area contributed by atoms with Gasteiger partial charge in [0.1, 0.15) is 5.58 Å². The van der Waals surface area contributed by atoms with E-state index in [4.69, 9.17) is 4.42 Å². The van der Waals surface area contributed by atoms with E-state index in [0.717, 1.165) is 50.1 Å². The quantitative estimate of drug-likeness (QED) is 0.170. The van der Waals surface area contributed by atoms with Gasteiger partial charge in [0.05, 0.1) is 5.69 Å². The summed E-state index contributed by atoms with van der Waals surface area (Å²) < 4.78 is 9.45. The Morgan fingerprint density at radius 3 is 1.76 bits per heavy atom. The highest BCUT2D eigenvalue weighted by molar-refractivity contribution is 7.25. The van der Waals surface area contributed by atoms with Gasteiger partial charge in [0.25, 0.3) is 0 Å². The number of hydrogen-bond acceptors (Lipinski definition) is 3. The number of thiophene rings is 1. The standard InChI is InChI=1S/C52H33NOS/c1-2-11-37(12-3-1)43-30-31-47(52-51(43)46-15-6-8-16-48(46)54-52)53(41-25-20-35(21-26-41)39-19-18-34-10-4-5-13-38(34)32-39)42-27-22-36(23-28-42)40-24-29-45-44-14-7-9-17-49(44)55-50(45)33-40/h1-33H. The first-order chi connectivity index (χ1) is 27.2. The van der Waals surface area contributed by atoms with Gasteiger partial charge in [-0.2, -0.15) is 0 Å². The molecule has 0 aliphatic heterocycles. The molecule has 2 nitrogen and oxygen atoms in total. The molecule has 9 aromatic carbocycles. The van der Waals surface area contributed by atoms with Crippen LogP contribution in [0.25, 0.3) is 86.3 Å². The Morgan fingerprint density at radius 1 is 0.382 bits per heavy atom. The van der Waals surface area contributed by atoms with Crippen LogP contribution in [0.4, 0.5) is 17.1 Å². The number of nitrogens with zero attached hydrogens (tertiary/aromatic N) is 1. The maximum Gasteiger partial charge on any atom is 0.160 e. The summed E-state index contributed by atoms with van der Waals surface area (Å²) in [6.45, 7) is 0. The Kier molecular flexibility index (Phi) is 7.39. The Morgan fingerprint density at radius 2 is 0.982 bits per heavy atom. The van der Waals surface area contributed by atoms with Crippen molar-refractivity contribution in [3.63, 3.8) is 0 Å². The molecule has 0 aliphatic carbocycles. The third-order valence-electron chi connectivity index (χ3n) is 10.9. The van der Waals surface area contributed by atoms with Crippen molar-refractivity contribution in [2.24, 2.45) is 0 Å². The van der Waals surface area contributed by atoms with Gasteiger partial charge in [-0.15, -0.1) is 11.3 Å². The first-order valence-corrected chi connectivity index (χ1v) is 19.5. The second-order valence-electron chi connectivity index (χ2n) is 14.1. The van der Waals surface area contributed by atoms with Crippen LogP contribution in [0, 0.1) is 0 Å². The molecule has 0 saturated carbocycles. The first kappa shape index (κ1) is 31.6. The molecule has 0 bridgehead atoms. The van der Waals surface area contributed by atoms with E-state index in [-0.39, 0.29) is 0 Å². The molecule has 0 saturated heterocycles. The highest BCUT2D eigenvalue weighted by Gasteiger charge is 2.22. The number of rotatable bonds is 6. The number of para-hydroxylation sites is 1. The molecule has 0 fully saturated rings. The minimum absolute atomic E-state index is 0.862. The zero-order valence-corrected chi connectivity index (χ0v) is 30.6. The first-order valence-electron chi connectivity index (χ1n) is 18.7. The van der Waals surface area contributed by atoms with Gasteiger partial charge in [0.15, 0.2) is 5.58 Å². The second-order valence-corrected chi connectivity index (χ2v) is 15.2. The fourth-order valence-electron chi connectivity index (χ4n) is 8.16. The Hall–Kier alpha value is -6.94. The fraction of sp³-hybridized carbons (Fsp3) is 0. The molecule has 2 aromatic heterocycles. The van der Waals surface area contributed by atoms with E-state index in [0.29, 0.717) is 0 Å². The number of hydrogen-bond donors (Lipinski definition) is 0. The van der Waals surface area contributed by atoms with E-state index >= 15 is 0 Å². The molecule has 3 heteroatoms. The molecule has 258 valence electrons. The minimum atomic E-state index is 0.862. The summed E-state index contributed by atoms with van der Waals surface area (Å²) >= 11 is 1.86. The lowest BCUT2D eigenvalue weighted by Gasteiger charge is -2.26. The fourth-order valence-corrected chi connectivity index (χ4v) is 9.30. The molecular weight excluding hydrogens is 687 g/mol. The highest BCUT2D eigenvalue weighted by Crippen LogP contribution is 2.46. The molecule has 0 amide bonds. The molecule has 0 unspecified atom stereocenters. The zero-order valence-electron chi connectivity index (χ0n) is 29.8. The highest BCUT2D eigenvalue weighted by atomic mass is 32.1. The maximum atomic E-state index is 6.82. The third-order valence-corrected chi connectivity index (χ3v) is 12.0. The van der Waals surface area contributed by atoms with Crippen molar-refractivity contribution in [3.05, 3.63) is 200 Å². The molecular formula is C52H33NOS. The van der Waals surface area contributed by atoms with Gasteiger partial charge in [-0.25, -0.2) is 0 Å². The van der Waals surface area contributed by atoms with Crippen LogP contribution in [0.2, 0.25) is 0 Å². The summed E-state index contributed by atoms with van der Waals surface area (Å²) in [5.41, 5.74) is 11.9. The average Bonchev–Trinajstić information content (AvgIpc) is 3.83. The molecule has 0 aliphatic rings. The smallest absolute Gasteiger partial charge is 0.160 e. The molecule has 55 heavy (non-hydrogen) atoms. The van der Waals surface area contributed by atoms with Crippen molar-refractivity contribution in [1.29, 1.82) is 0 Å². The SMILES string of the molecule is c1ccc(-c2ccc(N(c3ccc(-c4ccc5ccccc5c4)cc3)c3ccc(-c4ccc5c(c4)sc4ccccc45)cc3)c3oc4ccccc4c23)cc1. The number of fused-ring (bicyclic) bond motifs is 7. The second kappa shape index (κ2) is 12.9. The van der Waals surface area contributed by atoms with Crippen LogP contribution in [0.5, 0.6) is 0 Å². The van der Waals surface area contributed by atoms with Gasteiger partial charge in [0, 0.05) is 42.3 Å². The Balaban J connectivity index is 1.06. The average molecular weight is 720 g/mol. The van der Waals surface area contributed by atoms with E-state index in [1.807, 2.05) is 17.4 Å². The van der Waals surface area contributed by atoms with Crippen molar-refractivity contribution in [1.82, 2.24) is 0 Å². The summed E-state index contributed by atoms with van der Waals surface area (Å²) in [4.78, 5) is 2.34. The largest absolute Gasteiger partial charge is 0.454 e. The molecule has 0 atom stereocenters. The monoisotopic (exact) mass is 719 g/mol. The lowest BCUT2D eigenvalue weighted by molar-refractivity contribution is 0.669. The van der Waals surface area contributed by atoms with Crippen molar-refractivity contribution < 1.29 is 4.42 Å². The molecule has 11 rings (SSSR count). The minimum Gasteiger partial charge on any atom is -0.454 e. The molecule has 2 heterocycles. The lowest BCUT2D eigenvalue weighted by atomic mass is 9.97. The van der Waals surface area contributed by atoms with Crippen molar-refractivity contribution in [2.45, 2.75) is 0 Å². The summed E-state index contributed by atoms with van der Waals surface area (Å²) in [5.74, 6) is 0. The summed E-state index contributed by atoms with van der Waals surface area (Å²) in [6, 6.07) is 72.1. The summed E-state index contributed by atoms with van der Waals surface area (Å²) in [6.07, 6.45) is 0. The van der Waals surface area contributed by atoms with Crippen LogP contribution in [0.1, 0.15) is 0 Å². The molecule has 11 aromatic rings. The molecule has 0 N–H and O–H groups in total. The van der Waals surface area contributed by atoms with Crippen LogP contribution < -0.4 is 4.90 Å². The number of anilines is 3. The topological polar surface area (TPSA) is 16.4 Å². The predicted octanol–water partition coefficient (Wildman–Crippen LogP) is 15.6. The van der Waals surface area contributed by atoms with Gasteiger partial charge >= 0.3 is 0 Å². The van der Waals surface area contributed by atoms with Crippen molar-refractivity contribution >= 4 is 81.3 Å². The van der Waals surface area contributed by atoms with E-state index in [9.17, 15) is 0 Å². The Bertz CT molecular complexity index is 3190. The number of furan rings is 1. The maximum absolute atomic E-state index is 6.82.